The van der Waals surface area contributed by atoms with Crippen LogP contribution in [-0.4, -0.2) is 0 Å². The lowest BCUT2D eigenvalue weighted by Gasteiger charge is -2.07. The van der Waals surface area contributed by atoms with Crippen molar-refractivity contribution in [2.75, 3.05) is 0 Å². The zero-order valence-corrected chi connectivity index (χ0v) is 11.1. The Bertz CT molecular complexity index is 527. The summed E-state index contributed by atoms with van der Waals surface area (Å²) in [6.45, 7) is 4.82. The molecule has 0 radical (unpaired) electrons. The third-order valence-electron chi connectivity index (χ3n) is 2.75. The zero-order chi connectivity index (χ0) is 13.1. The summed E-state index contributed by atoms with van der Waals surface area (Å²) in [5, 5.41) is 3.62. The Morgan fingerprint density at radius 3 is 2.39 bits per heavy atom. The number of hydrogen-bond acceptors (Lipinski definition) is 2. The van der Waals surface area contributed by atoms with Gasteiger partial charge in [0.1, 0.15) is 11.6 Å². The Kier molecular flexibility index (Phi) is 4.04. The van der Waals surface area contributed by atoms with Gasteiger partial charge in [0.05, 0.1) is 6.54 Å². The van der Waals surface area contributed by atoms with E-state index in [0.29, 0.717) is 29.4 Å². The van der Waals surface area contributed by atoms with Crippen molar-refractivity contribution in [3.05, 3.63) is 57.8 Å². The summed E-state index contributed by atoms with van der Waals surface area (Å²) in [5.74, 6) is 0.659. The maximum atomic E-state index is 13.5. The molecule has 0 unspecified atom stereocenters. The molecule has 0 saturated carbocycles. The first kappa shape index (κ1) is 13.1. The van der Waals surface area contributed by atoms with Gasteiger partial charge < -0.3 is 9.73 Å². The lowest BCUT2D eigenvalue weighted by molar-refractivity contribution is 0.484. The molecule has 2 rings (SSSR count). The summed E-state index contributed by atoms with van der Waals surface area (Å²) in [6, 6.07) is 7.25. The molecule has 0 aliphatic heterocycles. The summed E-state index contributed by atoms with van der Waals surface area (Å²) < 4.78 is 18.7. The topological polar surface area (TPSA) is 25.2 Å². The zero-order valence-electron chi connectivity index (χ0n) is 10.4. The second-order valence-corrected chi connectivity index (χ2v) is 4.73. The molecule has 0 amide bonds. The van der Waals surface area contributed by atoms with Crippen molar-refractivity contribution in [1.29, 1.82) is 0 Å². The van der Waals surface area contributed by atoms with E-state index in [1.165, 1.54) is 0 Å². The molecule has 0 bridgehead atoms. The van der Waals surface area contributed by atoms with Crippen molar-refractivity contribution in [2.24, 2.45) is 0 Å². The van der Waals surface area contributed by atoms with Crippen molar-refractivity contribution in [1.82, 2.24) is 5.32 Å². The van der Waals surface area contributed by atoms with Gasteiger partial charge in [0.25, 0.3) is 0 Å². The first-order valence-electron chi connectivity index (χ1n) is 5.77. The highest BCUT2D eigenvalue weighted by Crippen LogP contribution is 2.15. The van der Waals surface area contributed by atoms with Gasteiger partial charge in [-0.3, -0.25) is 0 Å². The fraction of sp³-hybridized carbons (Fsp3) is 0.286. The van der Waals surface area contributed by atoms with Crippen molar-refractivity contribution in [3.8, 4) is 0 Å². The van der Waals surface area contributed by atoms with E-state index in [9.17, 15) is 4.39 Å². The highest BCUT2D eigenvalue weighted by Gasteiger charge is 2.04. The first-order chi connectivity index (χ1) is 8.56. The van der Waals surface area contributed by atoms with Crippen LogP contribution >= 0.6 is 11.6 Å². The van der Waals surface area contributed by atoms with E-state index in [4.69, 9.17) is 16.0 Å². The molecule has 1 N–H and O–H groups in total. The van der Waals surface area contributed by atoms with Crippen LogP contribution < -0.4 is 5.32 Å². The molecule has 96 valence electrons. The van der Waals surface area contributed by atoms with E-state index in [1.54, 1.807) is 19.9 Å². The molecular weight excluding hydrogens is 253 g/mol. The molecule has 18 heavy (non-hydrogen) atoms. The molecular formula is C14H15ClFNO. The Labute approximate surface area is 111 Å². The van der Waals surface area contributed by atoms with Crippen LogP contribution in [0.3, 0.4) is 0 Å². The number of aryl methyl sites for hydroxylation is 2. The highest BCUT2D eigenvalue weighted by atomic mass is 35.5. The average Bonchev–Trinajstić information content (AvgIpc) is 2.72. The summed E-state index contributed by atoms with van der Waals surface area (Å²) >= 11 is 5.68. The van der Waals surface area contributed by atoms with Crippen molar-refractivity contribution in [2.45, 2.75) is 26.9 Å². The van der Waals surface area contributed by atoms with Crippen LogP contribution in [0.5, 0.6) is 0 Å². The fourth-order valence-corrected chi connectivity index (χ4v) is 2.08. The molecule has 0 spiro atoms. The lowest BCUT2D eigenvalue weighted by Crippen LogP contribution is -2.12. The monoisotopic (exact) mass is 267 g/mol. The standard InChI is InChI=1S/C14H15ClFNO/c1-9-5-11(6-10(2)14(9)16)7-17-8-12-3-4-13(15)18-12/h3-6,17H,7-8H2,1-2H3. The molecule has 0 fully saturated rings. The van der Waals surface area contributed by atoms with Gasteiger partial charge >= 0.3 is 0 Å². The molecule has 2 nitrogen and oxygen atoms in total. The maximum absolute atomic E-state index is 13.5. The highest BCUT2D eigenvalue weighted by molar-refractivity contribution is 6.28. The fourth-order valence-electron chi connectivity index (χ4n) is 1.91. The molecule has 4 heteroatoms. The molecule has 1 aromatic heterocycles. The SMILES string of the molecule is Cc1cc(CNCc2ccc(Cl)o2)cc(C)c1F. The molecule has 1 aromatic carbocycles. The predicted molar refractivity (Wildman–Crippen MR) is 70.1 cm³/mol. The average molecular weight is 268 g/mol. The Morgan fingerprint density at radius 2 is 1.83 bits per heavy atom. The summed E-state index contributed by atoms with van der Waals surface area (Å²) in [7, 11) is 0. The Balaban J connectivity index is 1.94. The van der Waals surface area contributed by atoms with E-state index in [1.807, 2.05) is 18.2 Å². The minimum Gasteiger partial charge on any atom is -0.448 e. The third-order valence-corrected chi connectivity index (χ3v) is 2.96. The summed E-state index contributed by atoms with van der Waals surface area (Å²) in [6.07, 6.45) is 0. The van der Waals surface area contributed by atoms with Crippen molar-refractivity contribution < 1.29 is 8.81 Å². The van der Waals surface area contributed by atoms with Crippen LogP contribution in [0.2, 0.25) is 5.22 Å². The Morgan fingerprint density at radius 1 is 1.17 bits per heavy atom. The minimum atomic E-state index is -0.128. The number of rotatable bonds is 4. The Hall–Kier alpha value is -1.32. The van der Waals surface area contributed by atoms with Gasteiger partial charge in [-0.25, -0.2) is 4.39 Å². The maximum Gasteiger partial charge on any atom is 0.193 e. The smallest absolute Gasteiger partial charge is 0.193 e. The molecule has 0 atom stereocenters. The number of hydrogen-bond donors (Lipinski definition) is 1. The van der Waals surface area contributed by atoms with E-state index in [-0.39, 0.29) is 5.82 Å². The number of benzene rings is 1. The van der Waals surface area contributed by atoms with Gasteiger partial charge in [0.2, 0.25) is 0 Å². The lowest BCUT2D eigenvalue weighted by atomic mass is 10.1. The normalized spacial score (nSPS) is 10.9. The first-order valence-corrected chi connectivity index (χ1v) is 6.14. The number of furan rings is 1. The van der Waals surface area contributed by atoms with E-state index in [2.05, 4.69) is 5.32 Å². The van der Waals surface area contributed by atoms with Crippen molar-refractivity contribution >= 4 is 11.6 Å². The van der Waals surface area contributed by atoms with E-state index < -0.39 is 0 Å². The number of nitrogens with one attached hydrogen (secondary N) is 1. The van der Waals surface area contributed by atoms with Gasteiger partial charge in [-0.05, 0) is 54.3 Å². The predicted octanol–water partition coefficient (Wildman–Crippen LogP) is 3.98. The van der Waals surface area contributed by atoms with E-state index in [0.717, 1.165) is 11.3 Å². The minimum absolute atomic E-state index is 0.128. The quantitative estimate of drug-likeness (QED) is 0.906. The summed E-state index contributed by atoms with van der Waals surface area (Å²) in [5.41, 5.74) is 2.41. The van der Waals surface area contributed by atoms with Crippen LogP contribution in [0.25, 0.3) is 0 Å². The van der Waals surface area contributed by atoms with Gasteiger partial charge in [-0.1, -0.05) is 12.1 Å². The molecule has 2 aromatic rings. The van der Waals surface area contributed by atoms with Crippen LogP contribution in [0.1, 0.15) is 22.5 Å². The van der Waals surface area contributed by atoms with Gasteiger partial charge in [0, 0.05) is 6.54 Å². The largest absolute Gasteiger partial charge is 0.448 e. The second-order valence-electron chi connectivity index (χ2n) is 4.35. The molecule has 0 saturated heterocycles. The van der Waals surface area contributed by atoms with Crippen molar-refractivity contribution in [3.63, 3.8) is 0 Å². The van der Waals surface area contributed by atoms with E-state index >= 15 is 0 Å². The number of halogens is 2. The van der Waals surface area contributed by atoms with Gasteiger partial charge in [0.15, 0.2) is 5.22 Å². The summed E-state index contributed by atoms with van der Waals surface area (Å²) in [4.78, 5) is 0. The van der Waals surface area contributed by atoms with Crippen LogP contribution in [0.4, 0.5) is 4.39 Å². The van der Waals surface area contributed by atoms with Gasteiger partial charge in [-0.2, -0.15) is 0 Å². The second kappa shape index (κ2) is 5.55. The molecule has 0 aliphatic rings. The third kappa shape index (κ3) is 3.12. The molecule has 1 heterocycles. The van der Waals surface area contributed by atoms with Crippen LogP contribution in [0.15, 0.2) is 28.7 Å². The van der Waals surface area contributed by atoms with Crippen LogP contribution in [-0.2, 0) is 13.1 Å². The van der Waals surface area contributed by atoms with Crippen LogP contribution in [0, 0.1) is 19.7 Å². The molecule has 0 aliphatic carbocycles. The van der Waals surface area contributed by atoms with Gasteiger partial charge in [-0.15, -0.1) is 0 Å².